The largest absolute Gasteiger partial charge is 0.374 e. The Morgan fingerprint density at radius 3 is 2.19 bits per heavy atom. The van der Waals surface area contributed by atoms with E-state index in [-0.39, 0.29) is 17.0 Å². The zero-order valence-electron chi connectivity index (χ0n) is 21.6. The number of hydrogen-bond donors (Lipinski definition) is 2. The quantitative estimate of drug-likeness (QED) is 0.338. The van der Waals surface area contributed by atoms with Gasteiger partial charge in [-0.15, -0.1) is 0 Å². The second-order valence-electron chi connectivity index (χ2n) is 8.92. The Hall–Kier alpha value is -3.93. The molecule has 3 rings (SSSR count). The molecule has 0 unspecified atom stereocenters. The summed E-state index contributed by atoms with van der Waals surface area (Å²) in [4.78, 5) is 28.0. The smallest absolute Gasteiger partial charge is 0.258 e. The van der Waals surface area contributed by atoms with Crippen LogP contribution in [0.2, 0.25) is 0 Å². The topological polar surface area (TPSA) is 61.4 Å². The number of amides is 2. The molecule has 0 aliphatic carbocycles. The van der Waals surface area contributed by atoms with Crippen molar-refractivity contribution >= 4 is 28.9 Å². The number of halogens is 1. The fourth-order valence-electron chi connectivity index (χ4n) is 4.07. The van der Waals surface area contributed by atoms with Crippen LogP contribution < -0.4 is 10.6 Å². The molecule has 3 aromatic carbocycles. The molecule has 0 saturated carbocycles. The lowest BCUT2D eigenvalue weighted by atomic mass is 10.0. The monoisotopic (exact) mass is 487 g/mol. The van der Waals surface area contributed by atoms with Gasteiger partial charge in [0.15, 0.2) is 0 Å². The van der Waals surface area contributed by atoms with E-state index in [0.717, 1.165) is 41.8 Å². The van der Waals surface area contributed by atoms with Crippen LogP contribution in [-0.2, 0) is 0 Å². The minimum atomic E-state index is -0.616. The molecule has 2 amide bonds. The number of rotatable bonds is 9. The Morgan fingerprint density at radius 2 is 1.56 bits per heavy atom. The number of carbonyl (C=O) groups excluding carboxylic acids is 2. The normalized spacial score (nSPS) is 11.5. The third-order valence-corrected chi connectivity index (χ3v) is 6.09. The highest BCUT2D eigenvalue weighted by atomic mass is 19.1. The number of hydrogen-bond acceptors (Lipinski definition) is 3. The van der Waals surface area contributed by atoms with Gasteiger partial charge in [0.1, 0.15) is 5.82 Å². The highest BCUT2D eigenvalue weighted by Gasteiger charge is 2.19. The van der Waals surface area contributed by atoms with E-state index in [0.29, 0.717) is 11.4 Å². The van der Waals surface area contributed by atoms with Crippen molar-refractivity contribution in [1.29, 1.82) is 0 Å². The van der Waals surface area contributed by atoms with Crippen LogP contribution in [0.3, 0.4) is 0 Å². The standard InChI is InChI=1S/C30H34FN3O2/c1-6-18-34(5)28(21(4)7-2)22-14-17-24(26(31)19-22)29(35)33-27-11-9-8-10-25(27)30(36)32-23-15-12-20(3)13-16-23/h8-17,19H,6-7,18H2,1-5H3,(H,32,36)(H,33,35)/b28-21+. The van der Waals surface area contributed by atoms with Gasteiger partial charge in [0.05, 0.1) is 16.8 Å². The Kier molecular flexibility index (Phi) is 9.01. The Balaban J connectivity index is 1.84. The van der Waals surface area contributed by atoms with Crippen molar-refractivity contribution < 1.29 is 14.0 Å². The zero-order chi connectivity index (χ0) is 26.2. The average Bonchev–Trinajstić information content (AvgIpc) is 2.86. The lowest BCUT2D eigenvalue weighted by Crippen LogP contribution is -2.20. The predicted octanol–water partition coefficient (Wildman–Crippen LogP) is 7.12. The lowest BCUT2D eigenvalue weighted by Gasteiger charge is -2.25. The SMILES string of the molecule is CCCN(C)/C(=C(\C)CC)c1ccc(C(=O)Nc2ccccc2C(=O)Nc2ccc(C)cc2)c(F)c1. The Labute approximate surface area is 213 Å². The first kappa shape index (κ1) is 26.7. The van der Waals surface area contributed by atoms with Gasteiger partial charge in [-0.25, -0.2) is 4.39 Å². The van der Waals surface area contributed by atoms with Crippen LogP contribution in [0.5, 0.6) is 0 Å². The summed E-state index contributed by atoms with van der Waals surface area (Å²) in [5.41, 5.74) is 5.09. The van der Waals surface area contributed by atoms with E-state index in [1.165, 1.54) is 12.1 Å². The van der Waals surface area contributed by atoms with Gasteiger partial charge in [-0.05, 0) is 68.7 Å². The zero-order valence-corrected chi connectivity index (χ0v) is 21.6. The van der Waals surface area contributed by atoms with Crippen LogP contribution in [-0.4, -0.2) is 30.3 Å². The molecule has 0 fully saturated rings. The minimum absolute atomic E-state index is 0.0841. The molecule has 0 saturated heterocycles. The molecule has 3 aromatic rings. The number of anilines is 2. The predicted molar refractivity (Wildman–Crippen MR) is 146 cm³/mol. The summed E-state index contributed by atoms with van der Waals surface area (Å²) in [5.74, 6) is -1.60. The van der Waals surface area contributed by atoms with E-state index in [2.05, 4.69) is 29.4 Å². The summed E-state index contributed by atoms with van der Waals surface area (Å²) in [6.45, 7) is 9.02. The molecule has 36 heavy (non-hydrogen) atoms. The van der Waals surface area contributed by atoms with Gasteiger partial charge in [0.2, 0.25) is 0 Å². The summed E-state index contributed by atoms with van der Waals surface area (Å²) in [6, 6.07) is 18.8. The van der Waals surface area contributed by atoms with Crippen molar-refractivity contribution in [3.63, 3.8) is 0 Å². The molecule has 0 spiro atoms. The van der Waals surface area contributed by atoms with Crippen molar-refractivity contribution in [2.45, 2.75) is 40.5 Å². The molecular formula is C30H34FN3O2. The number of carbonyl (C=O) groups is 2. The van der Waals surface area contributed by atoms with Crippen LogP contribution >= 0.6 is 0 Å². The molecule has 188 valence electrons. The van der Waals surface area contributed by atoms with Crippen LogP contribution in [0.1, 0.15) is 65.5 Å². The molecule has 0 aliphatic heterocycles. The van der Waals surface area contributed by atoms with E-state index in [4.69, 9.17) is 0 Å². The molecule has 0 aliphatic rings. The maximum Gasteiger partial charge on any atom is 0.258 e. The van der Waals surface area contributed by atoms with Gasteiger partial charge in [0.25, 0.3) is 11.8 Å². The molecule has 0 aromatic heterocycles. The number of aryl methyl sites for hydroxylation is 1. The van der Waals surface area contributed by atoms with Gasteiger partial charge in [-0.2, -0.15) is 0 Å². The Morgan fingerprint density at radius 1 is 0.889 bits per heavy atom. The van der Waals surface area contributed by atoms with E-state index >= 15 is 4.39 Å². The molecule has 6 heteroatoms. The summed E-state index contributed by atoms with van der Waals surface area (Å²) in [7, 11) is 2.00. The molecule has 2 N–H and O–H groups in total. The number of allylic oxidation sites excluding steroid dienone is 1. The maximum atomic E-state index is 15.2. The van der Waals surface area contributed by atoms with Gasteiger partial charge < -0.3 is 15.5 Å². The van der Waals surface area contributed by atoms with E-state index in [1.807, 2.05) is 45.2 Å². The van der Waals surface area contributed by atoms with Gasteiger partial charge in [-0.3, -0.25) is 9.59 Å². The summed E-state index contributed by atoms with van der Waals surface area (Å²) >= 11 is 0. The minimum Gasteiger partial charge on any atom is -0.374 e. The number of nitrogens with one attached hydrogen (secondary N) is 2. The second-order valence-corrected chi connectivity index (χ2v) is 8.92. The van der Waals surface area contributed by atoms with E-state index in [9.17, 15) is 9.59 Å². The molecule has 5 nitrogen and oxygen atoms in total. The highest BCUT2D eigenvalue weighted by molar-refractivity contribution is 6.12. The highest BCUT2D eigenvalue weighted by Crippen LogP contribution is 2.26. The number of para-hydroxylation sites is 1. The van der Waals surface area contributed by atoms with Gasteiger partial charge in [0, 0.05) is 30.5 Å². The van der Waals surface area contributed by atoms with E-state index in [1.54, 1.807) is 30.3 Å². The molecular weight excluding hydrogens is 453 g/mol. The first-order chi connectivity index (χ1) is 17.2. The second kappa shape index (κ2) is 12.2. The van der Waals surface area contributed by atoms with E-state index < -0.39 is 11.7 Å². The summed E-state index contributed by atoms with van der Waals surface area (Å²) in [5, 5.41) is 5.54. The average molecular weight is 488 g/mol. The van der Waals surface area contributed by atoms with Crippen molar-refractivity contribution in [1.82, 2.24) is 4.90 Å². The van der Waals surface area contributed by atoms with Gasteiger partial charge >= 0.3 is 0 Å². The fraction of sp³-hybridized carbons (Fsp3) is 0.267. The molecule has 0 heterocycles. The first-order valence-electron chi connectivity index (χ1n) is 12.2. The Bertz CT molecular complexity index is 1270. The number of benzene rings is 3. The van der Waals surface area contributed by atoms with Crippen molar-refractivity contribution in [2.75, 3.05) is 24.2 Å². The maximum absolute atomic E-state index is 15.2. The van der Waals surface area contributed by atoms with Crippen molar-refractivity contribution in [3.05, 3.63) is 100 Å². The molecule has 0 radical (unpaired) electrons. The van der Waals surface area contributed by atoms with Crippen LogP contribution in [0.25, 0.3) is 5.70 Å². The third kappa shape index (κ3) is 6.39. The third-order valence-electron chi connectivity index (χ3n) is 6.09. The first-order valence-corrected chi connectivity index (χ1v) is 12.2. The van der Waals surface area contributed by atoms with Crippen LogP contribution in [0.15, 0.2) is 72.3 Å². The van der Waals surface area contributed by atoms with Crippen molar-refractivity contribution in [3.8, 4) is 0 Å². The lowest BCUT2D eigenvalue weighted by molar-refractivity contribution is 0.102. The fourth-order valence-corrected chi connectivity index (χ4v) is 4.07. The molecule has 0 bridgehead atoms. The van der Waals surface area contributed by atoms with Crippen LogP contribution in [0.4, 0.5) is 15.8 Å². The summed E-state index contributed by atoms with van der Waals surface area (Å²) in [6.07, 6.45) is 1.81. The van der Waals surface area contributed by atoms with Crippen molar-refractivity contribution in [2.24, 2.45) is 0 Å². The van der Waals surface area contributed by atoms with Gasteiger partial charge in [-0.1, -0.05) is 49.7 Å². The van der Waals surface area contributed by atoms with Crippen LogP contribution in [0, 0.1) is 12.7 Å². The number of nitrogens with zero attached hydrogens (tertiary/aromatic N) is 1. The summed E-state index contributed by atoms with van der Waals surface area (Å²) < 4.78 is 15.2. The molecule has 0 atom stereocenters.